The van der Waals surface area contributed by atoms with E-state index in [0.717, 1.165) is 10.5 Å². The molecule has 0 heterocycles. The third-order valence-corrected chi connectivity index (χ3v) is 4.19. The van der Waals surface area contributed by atoms with E-state index in [-0.39, 0.29) is 11.7 Å². The van der Waals surface area contributed by atoms with E-state index in [1.807, 2.05) is 48.5 Å². The molecule has 2 rings (SSSR count). The third kappa shape index (κ3) is 4.36. The molecule has 2 N–H and O–H groups in total. The number of primary amides is 1. The first-order valence-electron chi connectivity index (χ1n) is 6.87. The van der Waals surface area contributed by atoms with Gasteiger partial charge in [0.15, 0.2) is 0 Å². The van der Waals surface area contributed by atoms with Gasteiger partial charge in [0, 0.05) is 18.5 Å². The van der Waals surface area contributed by atoms with E-state index in [2.05, 4.69) is 0 Å². The molecule has 0 unspecified atom stereocenters. The van der Waals surface area contributed by atoms with Crippen molar-refractivity contribution in [3.8, 4) is 0 Å². The maximum Gasteiger partial charge on any atom is 0.255 e. The monoisotopic (exact) mass is 314 g/mol. The lowest BCUT2D eigenvalue weighted by atomic mass is 10.1. The molecule has 0 aliphatic carbocycles. The average molecular weight is 314 g/mol. The molecule has 0 bridgehead atoms. The van der Waals surface area contributed by atoms with E-state index in [1.54, 1.807) is 18.0 Å². The van der Waals surface area contributed by atoms with E-state index in [4.69, 9.17) is 5.73 Å². The summed E-state index contributed by atoms with van der Waals surface area (Å²) in [6.45, 7) is 0.536. The Kier molecular flexibility index (Phi) is 5.61. The Labute approximate surface area is 134 Å². The largest absolute Gasteiger partial charge is 0.369 e. The summed E-state index contributed by atoms with van der Waals surface area (Å²) in [6.07, 6.45) is 0. The Morgan fingerprint density at radius 1 is 1.05 bits per heavy atom. The quantitative estimate of drug-likeness (QED) is 0.833. The van der Waals surface area contributed by atoms with Gasteiger partial charge in [-0.25, -0.2) is 0 Å². The minimum Gasteiger partial charge on any atom is -0.369 e. The van der Waals surface area contributed by atoms with Gasteiger partial charge in [-0.15, -0.1) is 11.8 Å². The molecule has 2 aromatic carbocycles. The van der Waals surface area contributed by atoms with Gasteiger partial charge in [-0.3, -0.25) is 9.59 Å². The fourth-order valence-electron chi connectivity index (χ4n) is 2.05. The second-order valence-electron chi connectivity index (χ2n) is 4.90. The number of carbonyl (C=O) groups is 2. The van der Waals surface area contributed by atoms with Crippen molar-refractivity contribution in [3.63, 3.8) is 0 Å². The smallest absolute Gasteiger partial charge is 0.255 e. The number of hydrogen-bond acceptors (Lipinski definition) is 3. The molecule has 0 saturated heterocycles. The average Bonchev–Trinajstić information content (AvgIpc) is 2.53. The van der Waals surface area contributed by atoms with Gasteiger partial charge in [-0.05, 0) is 17.7 Å². The van der Waals surface area contributed by atoms with Crippen molar-refractivity contribution < 1.29 is 9.59 Å². The Bertz CT molecular complexity index is 659. The molecule has 22 heavy (non-hydrogen) atoms. The van der Waals surface area contributed by atoms with Crippen molar-refractivity contribution in [2.24, 2.45) is 5.73 Å². The van der Waals surface area contributed by atoms with E-state index in [1.165, 1.54) is 11.8 Å². The van der Waals surface area contributed by atoms with E-state index < -0.39 is 5.91 Å². The highest BCUT2D eigenvalue weighted by molar-refractivity contribution is 8.00. The zero-order valence-electron chi connectivity index (χ0n) is 12.4. The lowest BCUT2D eigenvalue weighted by Gasteiger charge is -2.19. The molecule has 2 aromatic rings. The van der Waals surface area contributed by atoms with Gasteiger partial charge in [-0.1, -0.05) is 42.5 Å². The molecule has 0 fully saturated rings. The fourth-order valence-corrected chi connectivity index (χ4v) is 2.84. The van der Waals surface area contributed by atoms with Crippen LogP contribution in [0.5, 0.6) is 0 Å². The highest BCUT2D eigenvalue weighted by Gasteiger charge is 2.16. The molecule has 0 atom stereocenters. The van der Waals surface area contributed by atoms with Crippen LogP contribution in [0.3, 0.4) is 0 Å². The van der Waals surface area contributed by atoms with Gasteiger partial charge in [0.05, 0.1) is 11.3 Å². The summed E-state index contributed by atoms with van der Waals surface area (Å²) in [4.78, 5) is 26.0. The molecular weight excluding hydrogens is 296 g/mol. The molecule has 0 spiro atoms. The predicted molar refractivity (Wildman–Crippen MR) is 88.6 cm³/mol. The van der Waals surface area contributed by atoms with Gasteiger partial charge >= 0.3 is 0 Å². The summed E-state index contributed by atoms with van der Waals surface area (Å²) in [5.41, 5.74) is 6.83. The molecular formula is C17H18N2O2S. The van der Waals surface area contributed by atoms with Crippen LogP contribution in [0.2, 0.25) is 0 Å². The summed E-state index contributed by atoms with van der Waals surface area (Å²) in [5.74, 6) is -0.312. The first-order chi connectivity index (χ1) is 10.6. The van der Waals surface area contributed by atoms with Crippen LogP contribution in [-0.4, -0.2) is 29.5 Å². The topological polar surface area (TPSA) is 63.4 Å². The summed E-state index contributed by atoms with van der Waals surface area (Å²) >= 11 is 1.29. The second-order valence-corrected chi connectivity index (χ2v) is 5.92. The Hall–Kier alpha value is -2.27. The molecule has 0 radical (unpaired) electrons. The van der Waals surface area contributed by atoms with Crippen molar-refractivity contribution in [2.45, 2.75) is 11.4 Å². The molecule has 4 nitrogen and oxygen atoms in total. The lowest BCUT2D eigenvalue weighted by molar-refractivity contribution is -0.115. The second kappa shape index (κ2) is 7.66. The maximum absolute atomic E-state index is 12.6. The van der Waals surface area contributed by atoms with E-state index in [9.17, 15) is 9.59 Å². The van der Waals surface area contributed by atoms with Crippen LogP contribution in [0.25, 0.3) is 0 Å². The zero-order chi connectivity index (χ0) is 15.9. The molecule has 2 amide bonds. The Balaban J connectivity index is 2.13. The molecule has 5 heteroatoms. The summed E-state index contributed by atoms with van der Waals surface area (Å²) in [6, 6.07) is 17.1. The SMILES string of the molecule is CN(Cc1ccccc1)C(=O)c1ccccc1SCC(N)=O. The van der Waals surface area contributed by atoms with E-state index in [0.29, 0.717) is 12.1 Å². The number of nitrogens with two attached hydrogens (primary N) is 1. The molecule has 0 aromatic heterocycles. The van der Waals surface area contributed by atoms with Crippen molar-refractivity contribution in [1.82, 2.24) is 4.90 Å². The first-order valence-corrected chi connectivity index (χ1v) is 7.86. The molecule has 114 valence electrons. The number of thioether (sulfide) groups is 1. The Morgan fingerprint density at radius 2 is 1.68 bits per heavy atom. The minimum atomic E-state index is -0.398. The summed E-state index contributed by atoms with van der Waals surface area (Å²) < 4.78 is 0. The number of carbonyl (C=O) groups excluding carboxylic acids is 2. The number of rotatable bonds is 6. The van der Waals surface area contributed by atoms with E-state index >= 15 is 0 Å². The van der Waals surface area contributed by atoms with Gasteiger partial charge < -0.3 is 10.6 Å². The van der Waals surface area contributed by atoms with Crippen molar-refractivity contribution >= 4 is 23.6 Å². The molecule has 0 saturated carbocycles. The zero-order valence-corrected chi connectivity index (χ0v) is 13.2. The fraction of sp³-hybridized carbons (Fsp3) is 0.176. The normalized spacial score (nSPS) is 10.2. The van der Waals surface area contributed by atoms with Crippen molar-refractivity contribution in [1.29, 1.82) is 0 Å². The minimum absolute atomic E-state index is 0.0728. The molecule has 0 aliphatic heterocycles. The number of hydrogen-bond donors (Lipinski definition) is 1. The maximum atomic E-state index is 12.6. The van der Waals surface area contributed by atoms with Crippen molar-refractivity contribution in [3.05, 3.63) is 65.7 Å². The van der Waals surface area contributed by atoms with Crippen LogP contribution in [0.1, 0.15) is 15.9 Å². The van der Waals surface area contributed by atoms with Crippen molar-refractivity contribution in [2.75, 3.05) is 12.8 Å². The number of benzene rings is 2. The summed E-state index contributed by atoms with van der Waals surface area (Å²) in [5, 5.41) is 0. The third-order valence-electron chi connectivity index (χ3n) is 3.10. The number of amides is 2. The number of nitrogens with zero attached hydrogens (tertiary/aromatic N) is 1. The first kappa shape index (κ1) is 16.1. The molecule has 0 aliphatic rings. The van der Waals surface area contributed by atoms with Gasteiger partial charge in [-0.2, -0.15) is 0 Å². The van der Waals surface area contributed by atoms with Crippen LogP contribution in [0.15, 0.2) is 59.5 Å². The van der Waals surface area contributed by atoms with Crippen LogP contribution in [0.4, 0.5) is 0 Å². The lowest BCUT2D eigenvalue weighted by Crippen LogP contribution is -2.26. The highest BCUT2D eigenvalue weighted by Crippen LogP contribution is 2.23. The van der Waals surface area contributed by atoms with Gasteiger partial charge in [0.25, 0.3) is 5.91 Å². The highest BCUT2D eigenvalue weighted by atomic mass is 32.2. The van der Waals surface area contributed by atoms with Crippen LogP contribution >= 0.6 is 11.8 Å². The van der Waals surface area contributed by atoms with Gasteiger partial charge in [0.2, 0.25) is 5.91 Å². The van der Waals surface area contributed by atoms with Crippen LogP contribution in [-0.2, 0) is 11.3 Å². The predicted octanol–water partition coefficient (Wildman–Crippen LogP) is 2.54. The summed E-state index contributed by atoms with van der Waals surface area (Å²) in [7, 11) is 1.77. The van der Waals surface area contributed by atoms with Crippen LogP contribution in [0, 0.1) is 0 Å². The van der Waals surface area contributed by atoms with Crippen LogP contribution < -0.4 is 5.73 Å². The van der Waals surface area contributed by atoms with Gasteiger partial charge in [0.1, 0.15) is 0 Å². The Morgan fingerprint density at radius 3 is 2.36 bits per heavy atom. The standard InChI is InChI=1S/C17H18N2O2S/c1-19(11-13-7-3-2-4-8-13)17(21)14-9-5-6-10-15(14)22-12-16(18)20/h2-10H,11-12H2,1H3,(H2,18,20).